The van der Waals surface area contributed by atoms with E-state index in [1.54, 1.807) is 45.0 Å². The van der Waals surface area contributed by atoms with Gasteiger partial charge in [0.25, 0.3) is 0 Å². The molecule has 0 saturated heterocycles. The standard InChI is InChI=1S/C36H44N4O6S.C34H40N4O6S/c1-6-45-35(43)36-19-22(36)11-9-7-8-10-14-40(4)34(42)27-16-24(15-26(27)32(41)39-36)46-31-18-29(33-38-30(20-47-33)21(2)3)37-28-17-23(44-5)12-13-25(28)31;1-19(2)28-18-45-31(36-28)27-16-29(23-11-10-21(43-4)15-26(23)35-27)44-22-13-24-25(14-22)32(40)38(3)12-8-6-5-7-9-20-17-34(20,33(41)42)37-30(24)39/h9,11-13,17-18,20-22,24,26-27H,6-8,10,14-16,19H2,1-5H3,(H,39,41);7,9-11,15-16,18-20,22,24-25H,5-6,8,12-14,17H2,1-4H3,(H,37,39)(H,41,42)/b11-9-;9-7-/t22-,24-,26-,27-,36-;20-,22-,24-,25-,34-/m11/s1. The number of ether oxygens (including phenoxy) is 5. The van der Waals surface area contributed by atoms with Crippen molar-refractivity contribution >= 4 is 80.0 Å². The highest BCUT2D eigenvalue weighted by atomic mass is 32.1. The maximum Gasteiger partial charge on any atom is 0.332 e. The van der Waals surface area contributed by atoms with Crippen LogP contribution in [0.5, 0.6) is 23.0 Å². The Morgan fingerprint density at radius 1 is 0.620 bits per heavy atom. The molecule has 0 bridgehead atoms. The molecule has 10 atom stereocenters. The summed E-state index contributed by atoms with van der Waals surface area (Å²) in [4.78, 5) is 104. The van der Waals surface area contributed by atoms with E-state index in [4.69, 9.17) is 43.6 Å². The number of aromatic nitrogens is 4. The summed E-state index contributed by atoms with van der Waals surface area (Å²) in [6, 6.07) is 15.0. The first-order valence-electron chi connectivity index (χ1n) is 32.3. The molecule has 6 aromatic rings. The molecule has 0 unspecified atom stereocenters. The first-order valence-corrected chi connectivity index (χ1v) is 34.1. The Kier molecular flexibility index (Phi) is 19.7. The summed E-state index contributed by atoms with van der Waals surface area (Å²) >= 11 is 3.06. The van der Waals surface area contributed by atoms with Gasteiger partial charge in [0, 0.05) is 84.8 Å². The van der Waals surface area contributed by atoms with Crippen molar-refractivity contribution in [2.24, 2.45) is 35.5 Å². The Labute approximate surface area is 544 Å². The minimum Gasteiger partial charge on any atom is -0.497 e. The number of benzene rings is 2. The van der Waals surface area contributed by atoms with Gasteiger partial charge in [-0.2, -0.15) is 0 Å². The number of carbonyl (C=O) groups excluding carboxylic acids is 5. The van der Waals surface area contributed by atoms with E-state index in [0.29, 0.717) is 90.6 Å². The second-order valence-corrected chi connectivity index (χ2v) is 27.7. The van der Waals surface area contributed by atoms with Crippen LogP contribution in [0.2, 0.25) is 0 Å². The molecule has 4 fully saturated rings. The lowest BCUT2D eigenvalue weighted by Crippen LogP contribution is -2.50. The average molecular weight is 1290 g/mol. The smallest absolute Gasteiger partial charge is 0.332 e. The Bertz CT molecular complexity index is 3830. The molecule has 0 radical (unpaired) electrons. The van der Waals surface area contributed by atoms with Gasteiger partial charge in [0.15, 0.2) is 0 Å². The first-order chi connectivity index (χ1) is 44.2. The van der Waals surface area contributed by atoms with Crippen molar-refractivity contribution in [3.8, 4) is 44.4 Å². The second kappa shape index (κ2) is 27.7. The largest absolute Gasteiger partial charge is 0.497 e. The van der Waals surface area contributed by atoms with Crippen LogP contribution in [-0.4, -0.2) is 142 Å². The number of hydrogen-bond acceptors (Lipinski definition) is 17. The topological polar surface area (TPSA) is 251 Å². The fourth-order valence-corrected chi connectivity index (χ4v) is 15.2. The summed E-state index contributed by atoms with van der Waals surface area (Å²) in [5, 5.41) is 23.2. The fourth-order valence-electron chi connectivity index (χ4n) is 13.3. The molecule has 92 heavy (non-hydrogen) atoms. The Morgan fingerprint density at radius 3 is 1.48 bits per heavy atom. The monoisotopic (exact) mass is 1290 g/mol. The van der Waals surface area contributed by atoms with Crippen molar-refractivity contribution in [2.45, 2.75) is 147 Å². The molecule has 488 valence electrons. The summed E-state index contributed by atoms with van der Waals surface area (Å²) in [5.74, 6) is -2.22. The number of allylic oxidation sites excluding steroid dienone is 2. The van der Waals surface area contributed by atoms with Gasteiger partial charge >= 0.3 is 11.9 Å². The number of nitrogens with one attached hydrogen (secondary N) is 2. The molecule has 2 aromatic carbocycles. The van der Waals surface area contributed by atoms with E-state index in [2.05, 4.69) is 49.8 Å². The summed E-state index contributed by atoms with van der Waals surface area (Å²) in [6.45, 7) is 11.6. The third kappa shape index (κ3) is 13.9. The zero-order valence-electron chi connectivity index (χ0n) is 53.9. The van der Waals surface area contributed by atoms with Gasteiger partial charge in [0.1, 0.15) is 67.7 Å². The van der Waals surface area contributed by atoms with Crippen LogP contribution in [0.3, 0.4) is 0 Å². The van der Waals surface area contributed by atoms with Gasteiger partial charge < -0.3 is 49.2 Å². The third-order valence-electron chi connectivity index (χ3n) is 19.0. The number of pyridine rings is 2. The normalized spacial score (nSPS) is 27.4. The Balaban J connectivity index is 0.000000189. The maximum absolute atomic E-state index is 14.0. The van der Waals surface area contributed by atoms with Crippen LogP contribution in [0, 0.1) is 35.5 Å². The van der Waals surface area contributed by atoms with E-state index >= 15 is 0 Å². The van der Waals surface area contributed by atoms with Gasteiger partial charge in [-0.15, -0.1) is 22.7 Å². The highest BCUT2D eigenvalue weighted by Gasteiger charge is 2.63. The Morgan fingerprint density at radius 2 is 1.05 bits per heavy atom. The van der Waals surface area contributed by atoms with E-state index in [1.165, 1.54) is 22.7 Å². The molecule has 4 aromatic heterocycles. The van der Waals surface area contributed by atoms with Crippen molar-refractivity contribution in [2.75, 3.05) is 48.0 Å². The van der Waals surface area contributed by atoms with Crippen molar-refractivity contribution in [1.29, 1.82) is 0 Å². The van der Waals surface area contributed by atoms with Crippen LogP contribution < -0.4 is 29.6 Å². The van der Waals surface area contributed by atoms with Crippen molar-refractivity contribution in [3.63, 3.8) is 0 Å². The first kappa shape index (κ1) is 65.5. The molecule has 22 heteroatoms. The lowest BCUT2D eigenvalue weighted by molar-refractivity contribution is -0.150. The van der Waals surface area contributed by atoms with E-state index in [1.807, 2.05) is 72.1 Å². The summed E-state index contributed by atoms with van der Waals surface area (Å²) in [7, 11) is 6.81. The molecular weight excluding hydrogens is 1210 g/mol. The predicted molar refractivity (Wildman–Crippen MR) is 352 cm³/mol. The van der Waals surface area contributed by atoms with Gasteiger partial charge in [0.2, 0.25) is 23.6 Å². The highest BCUT2D eigenvalue weighted by molar-refractivity contribution is 7.13. The Hall–Kier alpha value is -7.98. The lowest BCUT2D eigenvalue weighted by atomic mass is 9.93. The van der Waals surface area contributed by atoms with Gasteiger partial charge in [-0.05, 0) is 120 Å². The number of rotatable bonds is 13. The van der Waals surface area contributed by atoms with Gasteiger partial charge in [-0.3, -0.25) is 19.2 Å². The zero-order valence-corrected chi connectivity index (χ0v) is 55.5. The maximum atomic E-state index is 14.0. The number of carboxylic acids is 1. The summed E-state index contributed by atoms with van der Waals surface area (Å²) in [6.07, 6.45) is 14.5. The number of carbonyl (C=O) groups is 6. The van der Waals surface area contributed by atoms with Crippen LogP contribution in [-0.2, 0) is 33.5 Å². The minimum absolute atomic E-state index is 0.0737. The second-order valence-electron chi connectivity index (χ2n) is 26.0. The van der Waals surface area contributed by atoms with Gasteiger partial charge in [0.05, 0.1) is 66.9 Å². The van der Waals surface area contributed by atoms with E-state index in [0.717, 1.165) is 70.7 Å². The van der Waals surface area contributed by atoms with E-state index in [-0.39, 0.29) is 54.4 Å². The number of fused-ring (bicyclic) bond motifs is 6. The summed E-state index contributed by atoms with van der Waals surface area (Å²) < 4.78 is 29.7. The van der Waals surface area contributed by atoms with Crippen molar-refractivity contribution < 1.29 is 57.6 Å². The lowest BCUT2D eigenvalue weighted by Gasteiger charge is -2.26. The van der Waals surface area contributed by atoms with Gasteiger partial charge in [-0.25, -0.2) is 29.5 Å². The summed E-state index contributed by atoms with van der Waals surface area (Å²) in [5.41, 5.74) is 2.31. The fraction of sp³-hybridized carbons (Fsp3) is 0.514. The molecule has 6 aliphatic rings. The van der Waals surface area contributed by atoms with Crippen LogP contribution in [0.1, 0.15) is 135 Å². The van der Waals surface area contributed by atoms with Crippen LogP contribution in [0.4, 0.5) is 0 Å². The van der Waals surface area contributed by atoms with Gasteiger partial charge in [-0.1, -0.05) is 52.0 Å². The van der Waals surface area contributed by atoms with Crippen LogP contribution >= 0.6 is 22.7 Å². The molecule has 0 spiro atoms. The number of amides is 4. The van der Waals surface area contributed by atoms with Crippen LogP contribution in [0.15, 0.2) is 83.6 Å². The number of aliphatic carboxylic acids is 1. The molecule has 2 aliphatic heterocycles. The van der Waals surface area contributed by atoms with E-state index < -0.39 is 64.8 Å². The number of esters is 1. The SMILES string of the molecule is CCOC(=O)[C@@]12C[C@H]1/C=C\CCCCN(C)C(=O)[C@@H]1C[C@H](Oc3cc(-c4nc(C(C)C)cs4)nc4cc(OC)ccc34)C[C@H]1C(=O)N2.COc1ccc2c(O[C@@H]3C[C@H]4C(=O)N[C@]5(C(=O)O)C[C@H]5/C=C\CCCCN(C)C(=O)[C@@H]4C3)cc(-c3nc(C(C)C)cs3)nc2c1. The van der Waals surface area contributed by atoms with Crippen LogP contribution in [0.25, 0.3) is 43.2 Å². The number of methoxy groups -OCH3 is 2. The molecule has 3 N–H and O–H groups in total. The third-order valence-corrected chi connectivity index (χ3v) is 20.8. The zero-order chi connectivity index (χ0) is 65.2. The van der Waals surface area contributed by atoms with E-state index in [9.17, 15) is 33.9 Å². The molecule has 12 rings (SSSR count). The van der Waals surface area contributed by atoms with Crippen molar-refractivity contribution in [1.82, 2.24) is 40.4 Å². The number of carboxylic acid groups (broad SMARTS) is 1. The highest BCUT2D eigenvalue weighted by Crippen LogP contribution is 2.49. The molecule has 20 nitrogen and oxygen atoms in total. The number of hydrogen-bond donors (Lipinski definition) is 3. The molecule has 6 heterocycles. The molecule has 4 aliphatic carbocycles. The quantitative estimate of drug-likeness (QED) is 0.0718. The molecule has 4 amide bonds. The predicted octanol–water partition coefficient (Wildman–Crippen LogP) is 11.3. The molecule has 4 saturated carbocycles. The number of nitrogens with zero attached hydrogens (tertiary/aromatic N) is 6. The van der Waals surface area contributed by atoms with Crippen molar-refractivity contribution in [3.05, 3.63) is 95.0 Å². The number of thiazole rings is 2. The average Bonchev–Trinajstić information content (AvgIpc) is 1.57. The minimum atomic E-state index is -1.33. The molecular formula is C70H84N8O12S2.